The average Bonchev–Trinajstić information content (AvgIpc) is 3.90. The van der Waals surface area contributed by atoms with Crippen LogP contribution in [0.5, 0.6) is 0 Å². The van der Waals surface area contributed by atoms with E-state index in [1.54, 1.807) is 12.4 Å². The first kappa shape index (κ1) is 24.5. The average molecular weight is 557 g/mol. The van der Waals surface area contributed by atoms with Crippen molar-refractivity contribution in [3.8, 4) is 11.5 Å². The van der Waals surface area contributed by atoms with Crippen molar-refractivity contribution >= 4 is 11.6 Å². The van der Waals surface area contributed by atoms with E-state index in [1.165, 1.54) is 24.2 Å². The third-order valence-electron chi connectivity index (χ3n) is 11.7. The zero-order valence-electron chi connectivity index (χ0n) is 23.7. The van der Waals surface area contributed by atoms with Crippen molar-refractivity contribution in [2.75, 3.05) is 11.4 Å². The van der Waals surface area contributed by atoms with E-state index < -0.39 is 11.1 Å². The molecule has 0 unspecified atom stereocenters. The Morgan fingerprint density at radius 2 is 1.73 bits per heavy atom. The first-order valence-electron chi connectivity index (χ1n) is 15.6. The fourth-order valence-electron chi connectivity index (χ4n) is 8.79. The van der Waals surface area contributed by atoms with Gasteiger partial charge in [0.25, 0.3) is 5.89 Å². The molecular weight excluding hydrogens is 519 g/mol. The number of carbonyl (C=O) groups is 1. The number of fused-ring (bicyclic) bond motifs is 3. The van der Waals surface area contributed by atoms with Crippen molar-refractivity contribution in [1.82, 2.24) is 24.9 Å². The van der Waals surface area contributed by atoms with Gasteiger partial charge in [-0.2, -0.15) is 10.1 Å². The lowest BCUT2D eigenvalue weighted by atomic mass is 9.41. The van der Waals surface area contributed by atoms with E-state index in [1.807, 2.05) is 11.0 Å². The minimum atomic E-state index is -1.12. The number of halogens is 1. The predicted molar refractivity (Wildman–Crippen MR) is 149 cm³/mol. The predicted octanol–water partition coefficient (Wildman–Crippen LogP) is 6.14. The summed E-state index contributed by atoms with van der Waals surface area (Å²) in [5.74, 6) is 2.33. The number of aryl methyl sites for hydroxylation is 1. The largest absolute Gasteiger partial charge is 0.334 e. The molecule has 9 heteroatoms. The van der Waals surface area contributed by atoms with E-state index in [0.29, 0.717) is 43.5 Å². The van der Waals surface area contributed by atoms with Gasteiger partial charge < -0.3 is 9.42 Å². The number of nitrogens with zero attached hydrogens (tertiary/aromatic N) is 6. The normalized spacial score (nSPS) is 35.2. The number of rotatable bonds is 8. The molecule has 0 aliphatic heterocycles. The number of carbonyl (C=O) groups excluding carboxylic acids is 1. The summed E-state index contributed by atoms with van der Waals surface area (Å²) < 4.78 is 22.3. The van der Waals surface area contributed by atoms with Crippen LogP contribution in [-0.4, -0.2) is 43.0 Å². The molecular formula is C32H37FN6O2. The molecule has 0 aromatic carbocycles. The summed E-state index contributed by atoms with van der Waals surface area (Å²) in [4.78, 5) is 25.3. The third kappa shape index (κ3) is 3.72. The molecule has 4 bridgehead atoms. The zero-order chi connectivity index (χ0) is 27.6. The van der Waals surface area contributed by atoms with Crippen molar-refractivity contribution < 1.29 is 13.7 Å². The second-order valence-electron chi connectivity index (χ2n) is 14.6. The van der Waals surface area contributed by atoms with Gasteiger partial charge in [-0.25, -0.2) is 4.39 Å². The van der Waals surface area contributed by atoms with Crippen molar-refractivity contribution in [2.24, 2.45) is 17.9 Å². The van der Waals surface area contributed by atoms with Gasteiger partial charge in [-0.05, 0) is 101 Å². The van der Waals surface area contributed by atoms with Crippen LogP contribution >= 0.6 is 0 Å². The lowest BCUT2D eigenvalue weighted by Crippen LogP contribution is -2.71. The number of alkyl halides is 1. The van der Waals surface area contributed by atoms with Gasteiger partial charge in [-0.3, -0.25) is 14.5 Å². The summed E-state index contributed by atoms with van der Waals surface area (Å²) in [7, 11) is 2.12. The molecule has 3 aromatic heterocycles. The van der Waals surface area contributed by atoms with Crippen LogP contribution in [0.1, 0.15) is 113 Å². The van der Waals surface area contributed by atoms with Gasteiger partial charge in [0.05, 0.1) is 28.6 Å². The Morgan fingerprint density at radius 1 is 1.02 bits per heavy atom. The summed E-state index contributed by atoms with van der Waals surface area (Å²) >= 11 is 0. The lowest BCUT2D eigenvalue weighted by Gasteiger charge is -2.65. The van der Waals surface area contributed by atoms with Gasteiger partial charge in [-0.1, -0.05) is 5.16 Å². The molecule has 3 aromatic rings. The van der Waals surface area contributed by atoms with Crippen LogP contribution in [0.4, 0.5) is 10.1 Å². The molecule has 1 amide bonds. The maximum absolute atomic E-state index is 14.6. The Hall–Kier alpha value is -3.10. The van der Waals surface area contributed by atoms with Crippen molar-refractivity contribution in [1.29, 1.82) is 0 Å². The maximum Gasteiger partial charge on any atom is 0.259 e. The molecule has 0 atom stereocenters. The van der Waals surface area contributed by atoms with Crippen molar-refractivity contribution in [2.45, 2.75) is 106 Å². The fraction of sp³-hybridized carbons (Fsp3) is 0.656. The van der Waals surface area contributed by atoms with Gasteiger partial charge in [0.2, 0.25) is 5.91 Å². The standard InChI is InChI=1S/C32H37FN6O2/c1-38-25(13-24(36-38)20-2-3-20)30-9-6-29(7-10-30,8-11-30)19-39(28(40)31-16-32(33,17-31)18-31)23-12-22(14-34-15-23)27-35-26(37-41-27)21-4-5-21/h12-15,20-21H,2-11,16-19H2,1H3. The molecule has 0 radical (unpaired) electrons. The van der Waals surface area contributed by atoms with E-state index in [-0.39, 0.29) is 16.7 Å². The van der Waals surface area contributed by atoms with Gasteiger partial charge in [0.1, 0.15) is 5.67 Å². The summed E-state index contributed by atoms with van der Waals surface area (Å²) in [6, 6.07) is 4.36. The molecule has 11 rings (SSSR count). The third-order valence-corrected chi connectivity index (χ3v) is 11.7. The number of pyridine rings is 1. The van der Waals surface area contributed by atoms with Gasteiger partial charge in [-0.15, -0.1) is 0 Å². The maximum atomic E-state index is 14.6. The van der Waals surface area contributed by atoms with Crippen LogP contribution in [0, 0.1) is 10.8 Å². The Bertz CT molecular complexity index is 1520. The van der Waals surface area contributed by atoms with Crippen LogP contribution in [0.2, 0.25) is 0 Å². The Balaban J connectivity index is 1.00. The number of hydrogen-bond acceptors (Lipinski definition) is 6. The Labute approximate surface area is 239 Å². The van der Waals surface area contributed by atoms with E-state index in [0.717, 1.165) is 68.4 Å². The molecule has 41 heavy (non-hydrogen) atoms. The monoisotopic (exact) mass is 556 g/mol. The quantitative estimate of drug-likeness (QED) is 0.331. The first-order chi connectivity index (χ1) is 19.8. The summed E-state index contributed by atoms with van der Waals surface area (Å²) in [5.41, 5.74) is 2.75. The van der Waals surface area contributed by atoms with Gasteiger partial charge >= 0.3 is 0 Å². The minimum absolute atomic E-state index is 0.0614. The van der Waals surface area contributed by atoms with E-state index >= 15 is 0 Å². The van der Waals surface area contributed by atoms with Gasteiger partial charge in [0.15, 0.2) is 5.82 Å². The molecule has 8 fully saturated rings. The molecule has 8 saturated carbocycles. The molecule has 8 aliphatic carbocycles. The molecule has 8 nitrogen and oxygen atoms in total. The summed E-state index contributed by atoms with van der Waals surface area (Å²) in [6.07, 6.45) is 16.0. The van der Waals surface area contributed by atoms with Crippen LogP contribution in [0.3, 0.4) is 0 Å². The SMILES string of the molecule is Cn1nc(C2CC2)cc1C12CCC(CN(C(=O)C34CC(F)(C3)C4)c3cncc(-c4nc(C5CC5)no4)c3)(CC1)CC2. The van der Waals surface area contributed by atoms with Gasteiger partial charge in [0, 0.05) is 42.7 Å². The first-order valence-corrected chi connectivity index (χ1v) is 15.6. The van der Waals surface area contributed by atoms with Crippen LogP contribution in [0.25, 0.3) is 11.5 Å². The summed E-state index contributed by atoms with van der Waals surface area (Å²) in [5, 5.41) is 9.07. The highest BCUT2D eigenvalue weighted by molar-refractivity contribution is 6.00. The van der Waals surface area contributed by atoms with Crippen LogP contribution in [-0.2, 0) is 17.3 Å². The van der Waals surface area contributed by atoms with Crippen LogP contribution < -0.4 is 4.90 Å². The highest BCUT2D eigenvalue weighted by Crippen LogP contribution is 2.70. The molecule has 0 spiro atoms. The molecule has 8 aliphatic rings. The zero-order valence-corrected chi connectivity index (χ0v) is 23.7. The molecule has 3 heterocycles. The number of anilines is 1. The minimum Gasteiger partial charge on any atom is -0.334 e. The molecule has 0 N–H and O–H groups in total. The lowest BCUT2D eigenvalue weighted by molar-refractivity contribution is -0.211. The number of aromatic nitrogens is 5. The summed E-state index contributed by atoms with van der Waals surface area (Å²) in [6.45, 7) is 0.657. The van der Waals surface area contributed by atoms with E-state index in [4.69, 9.17) is 9.62 Å². The highest BCUT2D eigenvalue weighted by atomic mass is 19.1. The number of amides is 1. The molecule has 0 saturated heterocycles. The second kappa shape index (κ2) is 8.04. The van der Waals surface area contributed by atoms with Crippen LogP contribution in [0.15, 0.2) is 29.0 Å². The van der Waals surface area contributed by atoms with Crippen molar-refractivity contribution in [3.63, 3.8) is 0 Å². The fourth-order valence-corrected chi connectivity index (χ4v) is 8.79. The van der Waals surface area contributed by atoms with Crippen molar-refractivity contribution in [3.05, 3.63) is 41.7 Å². The highest BCUT2D eigenvalue weighted by Gasteiger charge is 2.73. The Morgan fingerprint density at radius 3 is 2.39 bits per heavy atom. The smallest absolute Gasteiger partial charge is 0.259 e. The Kier molecular flexibility index (Phi) is 4.80. The van der Waals surface area contributed by atoms with E-state index in [9.17, 15) is 9.18 Å². The topological polar surface area (TPSA) is 89.9 Å². The van der Waals surface area contributed by atoms with E-state index in [2.05, 4.69) is 32.9 Å². The second-order valence-corrected chi connectivity index (χ2v) is 14.6. The molecule has 214 valence electrons. The number of hydrogen-bond donors (Lipinski definition) is 0.